The van der Waals surface area contributed by atoms with Crippen molar-refractivity contribution in [3.05, 3.63) is 40.3 Å². The summed E-state index contributed by atoms with van der Waals surface area (Å²) in [6.07, 6.45) is 0. The minimum atomic E-state index is -0.250. The van der Waals surface area contributed by atoms with E-state index >= 15 is 0 Å². The molecule has 0 aliphatic carbocycles. The minimum Gasteiger partial charge on any atom is -0.235 e. The van der Waals surface area contributed by atoms with E-state index in [4.69, 9.17) is 11.6 Å². The SMILES string of the molecule is Cc1ccc(F)c2cc(C(C)(C)C)c(Cl)nc12. The number of aryl methyl sites for hydroxylation is 1. The Morgan fingerprint density at radius 2 is 1.88 bits per heavy atom. The van der Waals surface area contributed by atoms with Gasteiger partial charge in [-0.05, 0) is 35.6 Å². The first kappa shape index (κ1) is 12.3. The van der Waals surface area contributed by atoms with Gasteiger partial charge in [0.05, 0.1) is 5.52 Å². The molecule has 0 saturated carbocycles. The van der Waals surface area contributed by atoms with Crippen LogP contribution in [-0.2, 0) is 5.41 Å². The highest BCUT2D eigenvalue weighted by Crippen LogP contribution is 2.32. The molecule has 0 saturated heterocycles. The third-order valence-electron chi connectivity index (χ3n) is 2.89. The van der Waals surface area contributed by atoms with Gasteiger partial charge in [0.1, 0.15) is 11.0 Å². The van der Waals surface area contributed by atoms with E-state index in [1.54, 1.807) is 6.07 Å². The minimum absolute atomic E-state index is 0.144. The average Bonchev–Trinajstić information content (AvgIpc) is 2.21. The Morgan fingerprint density at radius 3 is 2.47 bits per heavy atom. The second-order valence-corrected chi connectivity index (χ2v) is 5.70. The van der Waals surface area contributed by atoms with Gasteiger partial charge in [-0.1, -0.05) is 38.4 Å². The highest BCUT2D eigenvalue weighted by atomic mass is 35.5. The van der Waals surface area contributed by atoms with Gasteiger partial charge in [0.25, 0.3) is 0 Å². The van der Waals surface area contributed by atoms with Gasteiger partial charge < -0.3 is 0 Å². The maximum absolute atomic E-state index is 13.8. The summed E-state index contributed by atoms with van der Waals surface area (Å²) in [5.41, 5.74) is 2.30. The molecule has 1 aromatic heterocycles. The topological polar surface area (TPSA) is 12.9 Å². The summed E-state index contributed by atoms with van der Waals surface area (Å²) < 4.78 is 13.8. The van der Waals surface area contributed by atoms with E-state index in [9.17, 15) is 4.39 Å². The van der Waals surface area contributed by atoms with Crippen LogP contribution in [0.3, 0.4) is 0 Å². The molecule has 17 heavy (non-hydrogen) atoms. The Labute approximate surface area is 106 Å². The number of fused-ring (bicyclic) bond motifs is 1. The Morgan fingerprint density at radius 1 is 1.24 bits per heavy atom. The lowest BCUT2D eigenvalue weighted by Crippen LogP contribution is -2.13. The summed E-state index contributed by atoms with van der Waals surface area (Å²) in [5, 5.41) is 0.998. The second-order valence-electron chi connectivity index (χ2n) is 5.34. The van der Waals surface area contributed by atoms with Gasteiger partial charge in [-0.15, -0.1) is 0 Å². The molecule has 0 aliphatic heterocycles. The zero-order valence-electron chi connectivity index (χ0n) is 10.4. The molecule has 1 heterocycles. The zero-order chi connectivity index (χ0) is 12.8. The van der Waals surface area contributed by atoms with Gasteiger partial charge in [0.2, 0.25) is 0 Å². The molecule has 0 fully saturated rings. The van der Waals surface area contributed by atoms with Gasteiger partial charge >= 0.3 is 0 Å². The standard InChI is InChI=1S/C14H15ClFN/c1-8-5-6-11(16)9-7-10(14(2,3)4)13(15)17-12(8)9/h5-7H,1-4H3. The molecule has 1 nitrogen and oxygen atoms in total. The van der Waals surface area contributed by atoms with Crippen LogP contribution in [0.25, 0.3) is 10.9 Å². The largest absolute Gasteiger partial charge is 0.235 e. The van der Waals surface area contributed by atoms with E-state index in [0.29, 0.717) is 16.1 Å². The lowest BCUT2D eigenvalue weighted by molar-refractivity contribution is 0.587. The van der Waals surface area contributed by atoms with Crippen LogP contribution in [0.1, 0.15) is 31.9 Å². The molecule has 0 spiro atoms. The number of rotatable bonds is 0. The van der Waals surface area contributed by atoms with Crippen LogP contribution < -0.4 is 0 Å². The van der Waals surface area contributed by atoms with Crippen LogP contribution in [-0.4, -0.2) is 4.98 Å². The molecule has 2 rings (SSSR count). The molecule has 90 valence electrons. The molecule has 0 atom stereocenters. The van der Waals surface area contributed by atoms with Crippen LogP contribution >= 0.6 is 11.6 Å². The maximum Gasteiger partial charge on any atom is 0.133 e. The number of halogens is 2. The first-order valence-electron chi connectivity index (χ1n) is 5.56. The van der Waals surface area contributed by atoms with Crippen molar-refractivity contribution < 1.29 is 4.39 Å². The van der Waals surface area contributed by atoms with E-state index < -0.39 is 0 Å². The average molecular weight is 252 g/mol. The van der Waals surface area contributed by atoms with Crippen molar-refractivity contribution in [1.82, 2.24) is 4.98 Å². The highest BCUT2D eigenvalue weighted by Gasteiger charge is 2.20. The molecule has 0 bridgehead atoms. The molecule has 2 aromatic rings. The first-order valence-corrected chi connectivity index (χ1v) is 5.94. The van der Waals surface area contributed by atoms with Crippen molar-refractivity contribution in [2.75, 3.05) is 0 Å². The van der Waals surface area contributed by atoms with Crippen molar-refractivity contribution in [2.24, 2.45) is 0 Å². The smallest absolute Gasteiger partial charge is 0.133 e. The summed E-state index contributed by atoms with van der Waals surface area (Å²) in [4.78, 5) is 4.33. The Balaban J connectivity index is 2.85. The summed E-state index contributed by atoms with van der Waals surface area (Å²) in [7, 11) is 0. The summed E-state index contributed by atoms with van der Waals surface area (Å²) in [5.74, 6) is -0.250. The summed E-state index contributed by atoms with van der Waals surface area (Å²) >= 11 is 6.18. The fraction of sp³-hybridized carbons (Fsp3) is 0.357. The molecular weight excluding hydrogens is 237 g/mol. The second kappa shape index (κ2) is 3.95. The van der Waals surface area contributed by atoms with Gasteiger partial charge in [-0.2, -0.15) is 0 Å². The molecule has 0 unspecified atom stereocenters. The zero-order valence-corrected chi connectivity index (χ0v) is 11.2. The van der Waals surface area contributed by atoms with Gasteiger partial charge in [0, 0.05) is 5.39 Å². The van der Waals surface area contributed by atoms with Crippen molar-refractivity contribution in [1.29, 1.82) is 0 Å². The van der Waals surface area contributed by atoms with Crippen LogP contribution in [0.5, 0.6) is 0 Å². The number of pyridine rings is 1. The quantitative estimate of drug-likeness (QED) is 0.622. The maximum atomic E-state index is 13.8. The van der Waals surface area contributed by atoms with Crippen molar-refractivity contribution in [3.8, 4) is 0 Å². The molecule has 0 N–H and O–H groups in total. The highest BCUT2D eigenvalue weighted by molar-refractivity contribution is 6.30. The van der Waals surface area contributed by atoms with Gasteiger partial charge in [-0.3, -0.25) is 0 Å². The van der Waals surface area contributed by atoms with Gasteiger partial charge in [0.15, 0.2) is 0 Å². The predicted molar refractivity (Wildman–Crippen MR) is 70.1 cm³/mol. The van der Waals surface area contributed by atoms with Gasteiger partial charge in [-0.25, -0.2) is 9.37 Å². The number of hydrogen-bond acceptors (Lipinski definition) is 1. The predicted octanol–water partition coefficient (Wildman–Crippen LogP) is 4.63. The van der Waals surface area contributed by atoms with Crippen molar-refractivity contribution >= 4 is 22.5 Å². The fourth-order valence-electron chi connectivity index (χ4n) is 1.87. The summed E-state index contributed by atoms with van der Waals surface area (Å²) in [6, 6.07) is 5.00. The summed E-state index contributed by atoms with van der Waals surface area (Å²) in [6.45, 7) is 8.02. The number of hydrogen-bond donors (Lipinski definition) is 0. The number of benzene rings is 1. The van der Waals surface area contributed by atoms with Crippen LogP contribution in [0.2, 0.25) is 5.15 Å². The monoisotopic (exact) mass is 251 g/mol. The number of nitrogens with zero attached hydrogens (tertiary/aromatic N) is 1. The lowest BCUT2D eigenvalue weighted by atomic mass is 9.87. The van der Waals surface area contributed by atoms with Crippen LogP contribution in [0, 0.1) is 12.7 Å². The lowest BCUT2D eigenvalue weighted by Gasteiger charge is -2.20. The van der Waals surface area contributed by atoms with E-state index in [-0.39, 0.29) is 11.2 Å². The molecule has 3 heteroatoms. The van der Waals surface area contributed by atoms with E-state index in [1.165, 1.54) is 6.07 Å². The molecule has 0 radical (unpaired) electrons. The van der Waals surface area contributed by atoms with E-state index in [0.717, 1.165) is 11.1 Å². The normalized spacial score (nSPS) is 12.1. The first-order chi connectivity index (χ1) is 7.80. The third-order valence-corrected chi connectivity index (χ3v) is 3.18. The van der Waals surface area contributed by atoms with Crippen LogP contribution in [0.15, 0.2) is 18.2 Å². The Kier molecular flexibility index (Phi) is 2.86. The van der Waals surface area contributed by atoms with E-state index in [1.807, 2.05) is 33.8 Å². The Bertz CT molecular complexity index is 585. The Hall–Kier alpha value is -1.15. The number of aromatic nitrogens is 1. The molecular formula is C14H15ClFN. The molecule has 0 amide bonds. The van der Waals surface area contributed by atoms with E-state index in [2.05, 4.69) is 4.98 Å². The van der Waals surface area contributed by atoms with Crippen LogP contribution in [0.4, 0.5) is 4.39 Å². The molecule has 0 aliphatic rings. The molecule has 1 aromatic carbocycles. The van der Waals surface area contributed by atoms with Crippen molar-refractivity contribution in [2.45, 2.75) is 33.1 Å². The van der Waals surface area contributed by atoms with Crippen molar-refractivity contribution in [3.63, 3.8) is 0 Å². The third kappa shape index (κ3) is 2.14. The fourth-order valence-corrected chi connectivity index (χ4v) is 2.29.